The quantitative estimate of drug-likeness (QED) is 0.820. The molecule has 2 aromatic rings. The molecule has 0 N–H and O–H groups in total. The van der Waals surface area contributed by atoms with Gasteiger partial charge in [0, 0.05) is 39.1 Å². The smallest absolute Gasteiger partial charge is 0.255 e. The van der Waals surface area contributed by atoms with Gasteiger partial charge in [-0.15, -0.1) is 0 Å². The first-order chi connectivity index (χ1) is 11.6. The number of hydrogen-bond acceptors (Lipinski definition) is 3. The normalized spacial score (nSPS) is 10.3. The van der Waals surface area contributed by atoms with Crippen molar-refractivity contribution in [3.63, 3.8) is 0 Å². The maximum absolute atomic E-state index is 12.6. The SMILES string of the molecule is CCN(CC)C(=O)c1cncc(C(=O)N(C)Cc2ccccc2)c1. The highest BCUT2D eigenvalue weighted by Gasteiger charge is 2.17. The van der Waals surface area contributed by atoms with Crippen LogP contribution in [0.15, 0.2) is 48.8 Å². The first-order valence-electron chi connectivity index (χ1n) is 8.10. The zero-order valence-corrected chi connectivity index (χ0v) is 14.4. The van der Waals surface area contributed by atoms with E-state index < -0.39 is 0 Å². The van der Waals surface area contributed by atoms with E-state index in [2.05, 4.69) is 4.98 Å². The number of carbonyl (C=O) groups is 2. The van der Waals surface area contributed by atoms with E-state index in [1.807, 2.05) is 44.2 Å². The lowest BCUT2D eigenvalue weighted by atomic mass is 10.1. The molecule has 0 aliphatic rings. The number of benzene rings is 1. The molecule has 126 valence electrons. The molecule has 0 saturated carbocycles. The van der Waals surface area contributed by atoms with Gasteiger partial charge in [-0.25, -0.2) is 0 Å². The van der Waals surface area contributed by atoms with Crippen molar-refractivity contribution in [3.8, 4) is 0 Å². The van der Waals surface area contributed by atoms with Crippen LogP contribution in [0.5, 0.6) is 0 Å². The topological polar surface area (TPSA) is 53.5 Å². The number of amides is 2. The van der Waals surface area contributed by atoms with Crippen molar-refractivity contribution >= 4 is 11.8 Å². The molecule has 0 radical (unpaired) electrons. The van der Waals surface area contributed by atoms with Crippen molar-refractivity contribution in [2.75, 3.05) is 20.1 Å². The summed E-state index contributed by atoms with van der Waals surface area (Å²) in [4.78, 5) is 32.4. The zero-order valence-electron chi connectivity index (χ0n) is 14.4. The largest absolute Gasteiger partial charge is 0.339 e. The Morgan fingerprint density at radius 1 is 0.958 bits per heavy atom. The molecule has 2 rings (SSSR count). The lowest BCUT2D eigenvalue weighted by Crippen LogP contribution is -2.31. The molecule has 0 saturated heterocycles. The molecule has 0 aliphatic heterocycles. The highest BCUT2D eigenvalue weighted by Crippen LogP contribution is 2.11. The summed E-state index contributed by atoms with van der Waals surface area (Å²) < 4.78 is 0. The Kier molecular flexibility index (Phi) is 6.07. The van der Waals surface area contributed by atoms with Crippen molar-refractivity contribution in [1.29, 1.82) is 0 Å². The molecule has 5 nitrogen and oxygen atoms in total. The fraction of sp³-hybridized carbons (Fsp3) is 0.316. The lowest BCUT2D eigenvalue weighted by Gasteiger charge is -2.20. The minimum Gasteiger partial charge on any atom is -0.339 e. The van der Waals surface area contributed by atoms with Crippen molar-refractivity contribution in [2.45, 2.75) is 20.4 Å². The van der Waals surface area contributed by atoms with Crippen molar-refractivity contribution in [3.05, 3.63) is 65.5 Å². The van der Waals surface area contributed by atoms with Gasteiger partial charge in [0.2, 0.25) is 0 Å². The second kappa shape index (κ2) is 8.24. The Labute approximate surface area is 142 Å². The number of hydrogen-bond donors (Lipinski definition) is 0. The van der Waals surface area contributed by atoms with Crippen molar-refractivity contribution in [2.24, 2.45) is 0 Å². The minimum absolute atomic E-state index is 0.104. The average Bonchev–Trinajstić information content (AvgIpc) is 2.63. The Morgan fingerprint density at radius 3 is 2.12 bits per heavy atom. The van der Waals surface area contributed by atoms with E-state index >= 15 is 0 Å². The van der Waals surface area contributed by atoms with Crippen LogP contribution in [-0.4, -0.2) is 46.7 Å². The second-order valence-corrected chi connectivity index (χ2v) is 5.59. The summed E-state index contributed by atoms with van der Waals surface area (Å²) in [6, 6.07) is 11.4. The average molecular weight is 325 g/mol. The molecule has 2 amide bonds. The van der Waals surface area contributed by atoms with E-state index in [9.17, 15) is 9.59 Å². The number of carbonyl (C=O) groups excluding carboxylic acids is 2. The van der Waals surface area contributed by atoms with Gasteiger partial charge in [-0.05, 0) is 25.5 Å². The van der Waals surface area contributed by atoms with Crippen LogP contribution in [0.4, 0.5) is 0 Å². The third-order valence-corrected chi connectivity index (χ3v) is 3.89. The van der Waals surface area contributed by atoms with Gasteiger partial charge in [0.25, 0.3) is 11.8 Å². The van der Waals surface area contributed by atoms with E-state index in [0.29, 0.717) is 30.8 Å². The third-order valence-electron chi connectivity index (χ3n) is 3.89. The molecule has 1 aromatic heterocycles. The summed E-state index contributed by atoms with van der Waals surface area (Å²) in [6.45, 7) is 5.62. The summed E-state index contributed by atoms with van der Waals surface area (Å²) >= 11 is 0. The van der Waals surface area contributed by atoms with E-state index in [1.165, 1.54) is 12.4 Å². The minimum atomic E-state index is -0.152. The van der Waals surface area contributed by atoms with Crippen LogP contribution in [0, 0.1) is 0 Å². The summed E-state index contributed by atoms with van der Waals surface area (Å²) in [5.74, 6) is -0.256. The van der Waals surface area contributed by atoms with Gasteiger partial charge >= 0.3 is 0 Å². The van der Waals surface area contributed by atoms with Gasteiger partial charge in [-0.3, -0.25) is 14.6 Å². The van der Waals surface area contributed by atoms with Crippen LogP contribution in [0.25, 0.3) is 0 Å². The van der Waals surface area contributed by atoms with E-state index in [-0.39, 0.29) is 11.8 Å². The Bertz CT molecular complexity index is 697. The van der Waals surface area contributed by atoms with E-state index in [4.69, 9.17) is 0 Å². The van der Waals surface area contributed by atoms with Crippen LogP contribution in [-0.2, 0) is 6.54 Å². The lowest BCUT2D eigenvalue weighted by molar-refractivity contribution is 0.0772. The van der Waals surface area contributed by atoms with Gasteiger partial charge in [0.15, 0.2) is 0 Å². The van der Waals surface area contributed by atoms with Crippen molar-refractivity contribution < 1.29 is 9.59 Å². The fourth-order valence-electron chi connectivity index (χ4n) is 2.52. The van der Waals surface area contributed by atoms with E-state index in [1.54, 1.807) is 22.9 Å². The standard InChI is InChI=1S/C19H23N3O2/c1-4-22(5-2)19(24)17-11-16(12-20-13-17)18(23)21(3)14-15-9-7-6-8-10-15/h6-13H,4-5,14H2,1-3H3. The van der Waals surface area contributed by atoms with Gasteiger partial charge in [-0.1, -0.05) is 30.3 Å². The summed E-state index contributed by atoms with van der Waals surface area (Å²) in [5.41, 5.74) is 1.92. The van der Waals surface area contributed by atoms with E-state index in [0.717, 1.165) is 5.56 Å². The van der Waals surface area contributed by atoms with Crippen LogP contribution in [0.2, 0.25) is 0 Å². The second-order valence-electron chi connectivity index (χ2n) is 5.59. The third kappa shape index (κ3) is 4.19. The monoisotopic (exact) mass is 325 g/mol. The molecule has 5 heteroatoms. The summed E-state index contributed by atoms with van der Waals surface area (Å²) in [6.07, 6.45) is 3.01. The predicted molar refractivity (Wildman–Crippen MR) is 93.7 cm³/mol. The highest BCUT2D eigenvalue weighted by molar-refractivity contribution is 5.99. The molecule has 1 aromatic carbocycles. The first kappa shape index (κ1) is 17.7. The number of aromatic nitrogens is 1. The first-order valence-corrected chi connectivity index (χ1v) is 8.10. The molecular weight excluding hydrogens is 302 g/mol. The van der Waals surface area contributed by atoms with Crippen LogP contribution in [0.3, 0.4) is 0 Å². The van der Waals surface area contributed by atoms with Gasteiger partial charge in [0.1, 0.15) is 0 Å². The van der Waals surface area contributed by atoms with Gasteiger partial charge in [-0.2, -0.15) is 0 Å². The zero-order chi connectivity index (χ0) is 17.5. The van der Waals surface area contributed by atoms with Crippen LogP contribution >= 0.6 is 0 Å². The molecular formula is C19H23N3O2. The number of nitrogens with zero attached hydrogens (tertiary/aromatic N) is 3. The number of pyridine rings is 1. The molecule has 0 unspecified atom stereocenters. The van der Waals surface area contributed by atoms with Crippen LogP contribution in [0.1, 0.15) is 40.1 Å². The predicted octanol–water partition coefficient (Wildman–Crippen LogP) is 2.84. The Balaban J connectivity index is 2.15. The number of rotatable bonds is 6. The Morgan fingerprint density at radius 2 is 1.54 bits per heavy atom. The molecule has 0 aliphatic carbocycles. The molecule has 0 fully saturated rings. The molecule has 0 spiro atoms. The van der Waals surface area contributed by atoms with Crippen LogP contribution < -0.4 is 0 Å². The molecule has 1 heterocycles. The molecule has 0 atom stereocenters. The van der Waals surface area contributed by atoms with Crippen molar-refractivity contribution in [1.82, 2.24) is 14.8 Å². The molecule has 24 heavy (non-hydrogen) atoms. The summed E-state index contributed by atoms with van der Waals surface area (Å²) in [7, 11) is 1.74. The maximum atomic E-state index is 12.6. The summed E-state index contributed by atoms with van der Waals surface area (Å²) in [5, 5.41) is 0. The fourth-order valence-corrected chi connectivity index (χ4v) is 2.52. The molecule has 0 bridgehead atoms. The maximum Gasteiger partial charge on any atom is 0.255 e. The van der Waals surface area contributed by atoms with Gasteiger partial charge < -0.3 is 9.80 Å². The highest BCUT2D eigenvalue weighted by atomic mass is 16.2. The Hall–Kier alpha value is -2.69. The van der Waals surface area contributed by atoms with Gasteiger partial charge in [0.05, 0.1) is 11.1 Å².